The average molecular weight is 260 g/mol. The molecule has 0 amide bonds. The molecule has 0 aliphatic carbocycles. The SMILES string of the molecule is COC(=O)c1ccc(CCc2ccccc2OC)o1. The van der Waals surface area contributed by atoms with Crippen LogP contribution in [0.3, 0.4) is 0 Å². The van der Waals surface area contributed by atoms with Crippen LogP contribution in [0.1, 0.15) is 21.9 Å². The normalized spacial score (nSPS) is 10.2. The van der Waals surface area contributed by atoms with Crippen LogP contribution in [-0.4, -0.2) is 20.2 Å². The maximum atomic E-state index is 11.3. The molecule has 4 nitrogen and oxygen atoms in total. The quantitative estimate of drug-likeness (QED) is 0.776. The van der Waals surface area contributed by atoms with Crippen molar-refractivity contribution in [2.75, 3.05) is 14.2 Å². The number of para-hydroxylation sites is 1. The molecule has 0 unspecified atom stereocenters. The Morgan fingerprint density at radius 3 is 2.63 bits per heavy atom. The van der Waals surface area contributed by atoms with Gasteiger partial charge in [-0.15, -0.1) is 0 Å². The first-order valence-corrected chi connectivity index (χ1v) is 6.03. The minimum Gasteiger partial charge on any atom is -0.496 e. The Labute approximate surface area is 111 Å². The Morgan fingerprint density at radius 1 is 1.11 bits per heavy atom. The third kappa shape index (κ3) is 3.16. The van der Waals surface area contributed by atoms with E-state index >= 15 is 0 Å². The number of methoxy groups -OCH3 is 2. The van der Waals surface area contributed by atoms with Crippen LogP contribution in [0.5, 0.6) is 5.75 Å². The summed E-state index contributed by atoms with van der Waals surface area (Å²) in [5.74, 6) is 1.40. The molecule has 1 aromatic heterocycles. The van der Waals surface area contributed by atoms with Crippen molar-refractivity contribution in [1.29, 1.82) is 0 Å². The molecule has 0 aliphatic heterocycles. The van der Waals surface area contributed by atoms with E-state index in [4.69, 9.17) is 9.15 Å². The summed E-state index contributed by atoms with van der Waals surface area (Å²) >= 11 is 0. The second-order valence-corrected chi connectivity index (χ2v) is 4.07. The fraction of sp³-hybridized carbons (Fsp3) is 0.267. The Balaban J connectivity index is 2.02. The summed E-state index contributed by atoms with van der Waals surface area (Å²) < 4.78 is 15.3. The van der Waals surface area contributed by atoms with Crippen molar-refractivity contribution in [3.8, 4) is 5.75 Å². The van der Waals surface area contributed by atoms with Crippen LogP contribution in [0.4, 0.5) is 0 Å². The zero-order chi connectivity index (χ0) is 13.7. The van der Waals surface area contributed by atoms with Crippen molar-refractivity contribution in [1.82, 2.24) is 0 Å². The van der Waals surface area contributed by atoms with Gasteiger partial charge in [0.25, 0.3) is 0 Å². The Hall–Kier alpha value is -2.23. The predicted molar refractivity (Wildman–Crippen MR) is 70.4 cm³/mol. The summed E-state index contributed by atoms with van der Waals surface area (Å²) in [5, 5.41) is 0. The minimum absolute atomic E-state index is 0.234. The second kappa shape index (κ2) is 6.09. The third-order valence-electron chi connectivity index (χ3n) is 2.88. The number of aryl methyl sites for hydroxylation is 2. The predicted octanol–water partition coefficient (Wildman–Crippen LogP) is 2.86. The Kier molecular flexibility index (Phi) is 4.23. The zero-order valence-corrected chi connectivity index (χ0v) is 11.0. The van der Waals surface area contributed by atoms with Crippen LogP contribution >= 0.6 is 0 Å². The monoisotopic (exact) mass is 260 g/mol. The molecule has 0 bridgehead atoms. The van der Waals surface area contributed by atoms with E-state index < -0.39 is 5.97 Å². The second-order valence-electron chi connectivity index (χ2n) is 4.07. The number of carbonyl (C=O) groups is 1. The number of esters is 1. The maximum Gasteiger partial charge on any atom is 0.373 e. The van der Waals surface area contributed by atoms with Gasteiger partial charge in [-0.25, -0.2) is 4.79 Å². The van der Waals surface area contributed by atoms with Crippen LogP contribution in [0, 0.1) is 0 Å². The first-order chi connectivity index (χ1) is 9.24. The molecule has 0 saturated heterocycles. The van der Waals surface area contributed by atoms with E-state index in [-0.39, 0.29) is 5.76 Å². The largest absolute Gasteiger partial charge is 0.496 e. The van der Waals surface area contributed by atoms with Crippen LogP contribution in [0.15, 0.2) is 40.8 Å². The number of rotatable bonds is 5. The first-order valence-electron chi connectivity index (χ1n) is 6.03. The summed E-state index contributed by atoms with van der Waals surface area (Å²) in [6, 6.07) is 11.3. The lowest BCUT2D eigenvalue weighted by Crippen LogP contribution is -1.98. The standard InChI is InChI=1S/C15H16O4/c1-17-13-6-4-3-5-11(13)7-8-12-9-10-14(19-12)15(16)18-2/h3-6,9-10H,7-8H2,1-2H3. The van der Waals surface area contributed by atoms with Gasteiger partial charge >= 0.3 is 5.97 Å². The molecule has 0 N–H and O–H groups in total. The lowest BCUT2D eigenvalue weighted by molar-refractivity contribution is 0.0563. The van der Waals surface area contributed by atoms with E-state index in [1.807, 2.05) is 24.3 Å². The van der Waals surface area contributed by atoms with Gasteiger partial charge in [-0.1, -0.05) is 18.2 Å². The average Bonchev–Trinajstić information content (AvgIpc) is 2.93. The highest BCUT2D eigenvalue weighted by molar-refractivity contribution is 5.86. The molecular formula is C15H16O4. The van der Waals surface area contributed by atoms with Crippen molar-refractivity contribution in [3.05, 3.63) is 53.5 Å². The molecule has 0 fully saturated rings. The molecule has 0 atom stereocenters. The van der Waals surface area contributed by atoms with Gasteiger partial charge < -0.3 is 13.9 Å². The van der Waals surface area contributed by atoms with Gasteiger partial charge in [0.2, 0.25) is 5.76 Å². The first kappa shape index (κ1) is 13.2. The van der Waals surface area contributed by atoms with Crippen LogP contribution in [0.2, 0.25) is 0 Å². The van der Waals surface area contributed by atoms with E-state index in [2.05, 4.69) is 4.74 Å². The lowest BCUT2D eigenvalue weighted by Gasteiger charge is -2.06. The number of benzene rings is 1. The van der Waals surface area contributed by atoms with Crippen molar-refractivity contribution in [3.63, 3.8) is 0 Å². The number of furan rings is 1. The molecule has 0 saturated carbocycles. The molecule has 1 aromatic carbocycles. The van der Waals surface area contributed by atoms with E-state index in [0.717, 1.165) is 23.5 Å². The molecule has 1 heterocycles. The van der Waals surface area contributed by atoms with Crippen molar-refractivity contribution in [2.45, 2.75) is 12.8 Å². The highest BCUT2D eigenvalue weighted by atomic mass is 16.5. The fourth-order valence-corrected chi connectivity index (χ4v) is 1.89. The number of carbonyl (C=O) groups excluding carboxylic acids is 1. The molecule has 0 aliphatic rings. The highest BCUT2D eigenvalue weighted by Gasteiger charge is 2.11. The topological polar surface area (TPSA) is 48.7 Å². The van der Waals surface area contributed by atoms with Gasteiger partial charge in [0.15, 0.2) is 0 Å². The number of ether oxygens (including phenoxy) is 2. The van der Waals surface area contributed by atoms with Crippen LogP contribution in [0.25, 0.3) is 0 Å². The zero-order valence-electron chi connectivity index (χ0n) is 11.0. The molecule has 19 heavy (non-hydrogen) atoms. The van der Waals surface area contributed by atoms with E-state index in [1.54, 1.807) is 19.2 Å². The summed E-state index contributed by atoms with van der Waals surface area (Å²) in [4.78, 5) is 11.3. The molecular weight excluding hydrogens is 244 g/mol. The van der Waals surface area contributed by atoms with Crippen LogP contribution < -0.4 is 4.74 Å². The highest BCUT2D eigenvalue weighted by Crippen LogP contribution is 2.20. The molecule has 100 valence electrons. The van der Waals surface area contributed by atoms with Gasteiger partial charge in [0, 0.05) is 6.42 Å². The molecule has 0 spiro atoms. The van der Waals surface area contributed by atoms with E-state index in [0.29, 0.717) is 6.42 Å². The summed E-state index contributed by atoms with van der Waals surface area (Å²) in [7, 11) is 2.99. The maximum absolute atomic E-state index is 11.3. The van der Waals surface area contributed by atoms with Gasteiger partial charge in [0.05, 0.1) is 14.2 Å². The smallest absolute Gasteiger partial charge is 0.373 e. The molecule has 2 rings (SSSR count). The molecule has 2 aromatic rings. The Bertz CT molecular complexity index is 557. The third-order valence-corrected chi connectivity index (χ3v) is 2.88. The number of hydrogen-bond acceptors (Lipinski definition) is 4. The van der Waals surface area contributed by atoms with Crippen molar-refractivity contribution < 1.29 is 18.7 Å². The fourth-order valence-electron chi connectivity index (χ4n) is 1.89. The molecule has 4 heteroatoms. The van der Waals surface area contributed by atoms with Crippen molar-refractivity contribution in [2.24, 2.45) is 0 Å². The van der Waals surface area contributed by atoms with Gasteiger partial charge in [-0.3, -0.25) is 0 Å². The number of hydrogen-bond donors (Lipinski definition) is 0. The van der Waals surface area contributed by atoms with E-state index in [9.17, 15) is 4.79 Å². The van der Waals surface area contributed by atoms with Crippen molar-refractivity contribution >= 4 is 5.97 Å². The van der Waals surface area contributed by atoms with Gasteiger partial charge in [-0.2, -0.15) is 0 Å². The minimum atomic E-state index is -0.455. The van der Waals surface area contributed by atoms with E-state index in [1.165, 1.54) is 7.11 Å². The lowest BCUT2D eigenvalue weighted by atomic mass is 10.1. The van der Waals surface area contributed by atoms with Gasteiger partial charge in [-0.05, 0) is 30.2 Å². The van der Waals surface area contributed by atoms with Crippen LogP contribution in [-0.2, 0) is 17.6 Å². The Morgan fingerprint density at radius 2 is 1.89 bits per heavy atom. The van der Waals surface area contributed by atoms with Gasteiger partial charge in [0.1, 0.15) is 11.5 Å². The molecule has 0 radical (unpaired) electrons. The summed E-state index contributed by atoms with van der Waals surface area (Å²) in [6.07, 6.45) is 1.50. The summed E-state index contributed by atoms with van der Waals surface area (Å²) in [6.45, 7) is 0. The summed E-state index contributed by atoms with van der Waals surface area (Å²) in [5.41, 5.74) is 1.11.